The van der Waals surface area contributed by atoms with Crippen LogP contribution in [0.2, 0.25) is 0 Å². The molecule has 168 valence electrons. The number of methoxy groups -OCH3 is 2. The summed E-state index contributed by atoms with van der Waals surface area (Å²) in [6.45, 7) is 4.01. The van der Waals surface area contributed by atoms with E-state index in [2.05, 4.69) is 9.97 Å². The molecule has 2 aromatic heterocycles. The number of aromatic amines is 1. The highest BCUT2D eigenvalue weighted by Gasteiger charge is 2.29. The van der Waals surface area contributed by atoms with Crippen molar-refractivity contribution in [2.75, 3.05) is 19.1 Å². The first-order chi connectivity index (χ1) is 15.9. The minimum Gasteiger partial charge on any atom is -0.497 e. The van der Waals surface area contributed by atoms with Crippen molar-refractivity contribution in [1.29, 1.82) is 0 Å². The maximum absolute atomic E-state index is 13.6. The lowest BCUT2D eigenvalue weighted by Gasteiger charge is -2.23. The summed E-state index contributed by atoms with van der Waals surface area (Å²) in [6, 6.07) is 16.6. The Bertz CT molecular complexity index is 1330. The highest BCUT2D eigenvalue weighted by molar-refractivity contribution is 6.49. The van der Waals surface area contributed by atoms with Gasteiger partial charge < -0.3 is 19.4 Å². The number of rotatable bonds is 7. The number of pyridine rings is 1. The number of amides is 1. The number of anilines is 1. The molecule has 0 aliphatic rings. The average Bonchev–Trinajstić information content (AvgIpc) is 3.17. The summed E-state index contributed by atoms with van der Waals surface area (Å²) in [7, 11) is 3.07. The molecule has 1 amide bonds. The van der Waals surface area contributed by atoms with E-state index in [-0.39, 0.29) is 6.54 Å². The number of Topliss-reactive ketones (excluding diaryl/α,β-unsaturated/α-hetero) is 1. The monoisotopic (exact) mass is 443 g/mol. The highest BCUT2D eigenvalue weighted by atomic mass is 16.5. The van der Waals surface area contributed by atoms with Gasteiger partial charge in [-0.2, -0.15) is 0 Å². The maximum atomic E-state index is 13.6. The number of nitrogens with one attached hydrogen (secondary N) is 1. The van der Waals surface area contributed by atoms with E-state index in [9.17, 15) is 9.59 Å². The van der Waals surface area contributed by atoms with Crippen molar-refractivity contribution >= 4 is 28.3 Å². The number of benzene rings is 2. The molecule has 0 saturated carbocycles. The number of fused-ring (bicyclic) bond motifs is 1. The minimum absolute atomic E-state index is 0.225. The lowest BCUT2D eigenvalue weighted by molar-refractivity contribution is -0.114. The Hall–Kier alpha value is -4.13. The van der Waals surface area contributed by atoms with Crippen LogP contribution < -0.4 is 14.4 Å². The molecule has 0 saturated heterocycles. The molecule has 0 radical (unpaired) electrons. The molecule has 0 unspecified atom stereocenters. The largest absolute Gasteiger partial charge is 0.497 e. The molecule has 0 atom stereocenters. The first kappa shape index (κ1) is 22.1. The zero-order valence-corrected chi connectivity index (χ0v) is 19.0. The number of carbonyl (C=O) groups is 2. The maximum Gasteiger partial charge on any atom is 0.299 e. The molecule has 1 N–H and O–H groups in total. The molecule has 4 aromatic rings. The number of ketones is 1. The molecule has 4 rings (SSSR count). The molecular weight excluding hydrogens is 418 g/mol. The zero-order chi connectivity index (χ0) is 23.5. The van der Waals surface area contributed by atoms with Crippen molar-refractivity contribution in [2.45, 2.75) is 20.4 Å². The van der Waals surface area contributed by atoms with Gasteiger partial charge in [0.05, 0.1) is 32.0 Å². The molecule has 0 aliphatic heterocycles. The van der Waals surface area contributed by atoms with E-state index in [1.807, 2.05) is 37.3 Å². The number of hydrogen-bond donors (Lipinski definition) is 1. The highest BCUT2D eigenvalue weighted by Crippen LogP contribution is 2.29. The van der Waals surface area contributed by atoms with E-state index in [4.69, 9.17) is 9.47 Å². The van der Waals surface area contributed by atoms with Crippen molar-refractivity contribution in [1.82, 2.24) is 9.97 Å². The van der Waals surface area contributed by atoms with E-state index in [0.717, 1.165) is 16.6 Å². The summed E-state index contributed by atoms with van der Waals surface area (Å²) >= 11 is 0. The third-order valence-corrected chi connectivity index (χ3v) is 5.56. The molecule has 7 heteroatoms. The van der Waals surface area contributed by atoms with Crippen LogP contribution in [0.25, 0.3) is 10.9 Å². The third kappa shape index (κ3) is 4.43. The Balaban J connectivity index is 1.77. The van der Waals surface area contributed by atoms with Gasteiger partial charge in [0.15, 0.2) is 0 Å². The van der Waals surface area contributed by atoms with Crippen molar-refractivity contribution < 1.29 is 19.1 Å². The number of aromatic nitrogens is 2. The average molecular weight is 444 g/mol. The molecule has 33 heavy (non-hydrogen) atoms. The molecule has 0 fully saturated rings. The van der Waals surface area contributed by atoms with E-state index in [1.165, 1.54) is 12.0 Å². The molecule has 2 aromatic carbocycles. The summed E-state index contributed by atoms with van der Waals surface area (Å²) in [5.41, 5.74) is 4.26. The van der Waals surface area contributed by atoms with Crippen molar-refractivity contribution in [3.63, 3.8) is 0 Å². The topological polar surface area (TPSA) is 84.5 Å². The number of H-pyrrole nitrogens is 1. The Morgan fingerprint density at radius 2 is 1.73 bits per heavy atom. The van der Waals surface area contributed by atoms with E-state index in [1.54, 1.807) is 44.5 Å². The van der Waals surface area contributed by atoms with Crippen LogP contribution in [0.5, 0.6) is 11.6 Å². The number of hydrogen-bond acceptors (Lipinski definition) is 5. The summed E-state index contributed by atoms with van der Waals surface area (Å²) in [5.74, 6) is -0.279. The molecule has 0 aliphatic carbocycles. The predicted octanol–water partition coefficient (Wildman–Crippen LogP) is 4.61. The van der Waals surface area contributed by atoms with Crippen LogP contribution in [0.4, 0.5) is 5.69 Å². The van der Waals surface area contributed by atoms with Crippen LogP contribution in [0, 0.1) is 13.8 Å². The van der Waals surface area contributed by atoms with Gasteiger partial charge in [-0.1, -0.05) is 29.8 Å². The van der Waals surface area contributed by atoms with Crippen LogP contribution in [-0.2, 0) is 11.3 Å². The van der Waals surface area contributed by atoms with Gasteiger partial charge in [-0.15, -0.1) is 0 Å². The zero-order valence-electron chi connectivity index (χ0n) is 19.0. The summed E-state index contributed by atoms with van der Waals surface area (Å²) < 4.78 is 10.5. The normalized spacial score (nSPS) is 10.8. The van der Waals surface area contributed by atoms with Gasteiger partial charge in [-0.3, -0.25) is 9.59 Å². The standard InChI is InChI=1S/C26H25N3O4/c1-16-5-7-18(8-6-16)15-29(19-11-12-27-23(13-19)33-4)26(31)25(30)24-17(2)28-22-10-9-20(32-3)14-21(22)24/h5-14,28H,15H2,1-4H3. The van der Waals surface area contributed by atoms with Crippen molar-refractivity contribution in [2.24, 2.45) is 0 Å². The lowest BCUT2D eigenvalue weighted by atomic mass is 10.0. The lowest BCUT2D eigenvalue weighted by Crippen LogP contribution is -2.36. The van der Waals surface area contributed by atoms with Crippen molar-refractivity contribution in [3.05, 3.63) is 83.2 Å². The number of nitrogens with zero attached hydrogens (tertiary/aromatic N) is 2. The Morgan fingerprint density at radius 3 is 2.42 bits per heavy atom. The summed E-state index contributed by atoms with van der Waals surface area (Å²) in [4.78, 5) is 36.0. The molecule has 2 heterocycles. The fourth-order valence-corrected chi connectivity index (χ4v) is 3.79. The number of ether oxygens (including phenoxy) is 2. The Morgan fingerprint density at radius 1 is 0.970 bits per heavy atom. The number of carbonyl (C=O) groups excluding carboxylic acids is 2. The first-order valence-corrected chi connectivity index (χ1v) is 10.5. The van der Waals surface area contributed by atoms with Gasteiger partial charge in [0.2, 0.25) is 5.88 Å². The van der Waals surface area contributed by atoms with Gasteiger partial charge >= 0.3 is 0 Å². The number of aryl methyl sites for hydroxylation is 2. The SMILES string of the molecule is COc1ccc2[nH]c(C)c(C(=O)C(=O)N(Cc3ccc(C)cc3)c3ccnc(OC)c3)c2c1. The predicted molar refractivity (Wildman–Crippen MR) is 127 cm³/mol. The fourth-order valence-electron chi connectivity index (χ4n) is 3.79. The van der Waals surface area contributed by atoms with Crippen LogP contribution in [0.1, 0.15) is 27.2 Å². The van der Waals surface area contributed by atoms with E-state index < -0.39 is 11.7 Å². The van der Waals surface area contributed by atoms with E-state index >= 15 is 0 Å². The fraction of sp³-hybridized carbons (Fsp3) is 0.192. The van der Waals surface area contributed by atoms with Gasteiger partial charge in [-0.05, 0) is 43.7 Å². The Kier molecular flexibility index (Phi) is 6.13. The summed E-state index contributed by atoms with van der Waals surface area (Å²) in [6.07, 6.45) is 1.55. The van der Waals surface area contributed by atoms with Crippen LogP contribution in [-0.4, -0.2) is 35.9 Å². The minimum atomic E-state index is -0.643. The van der Waals surface area contributed by atoms with Gasteiger partial charge in [0.1, 0.15) is 5.75 Å². The van der Waals surface area contributed by atoms with Gasteiger partial charge in [-0.25, -0.2) is 4.98 Å². The van der Waals surface area contributed by atoms with Crippen molar-refractivity contribution in [3.8, 4) is 11.6 Å². The third-order valence-electron chi connectivity index (χ3n) is 5.56. The van der Waals surface area contributed by atoms with Crippen LogP contribution >= 0.6 is 0 Å². The van der Waals surface area contributed by atoms with Crippen LogP contribution in [0.15, 0.2) is 60.8 Å². The second kappa shape index (κ2) is 9.16. The second-order valence-corrected chi connectivity index (χ2v) is 7.80. The van der Waals surface area contributed by atoms with Crippen LogP contribution in [0.3, 0.4) is 0 Å². The quantitative estimate of drug-likeness (QED) is 0.333. The molecule has 0 bridgehead atoms. The smallest absolute Gasteiger partial charge is 0.299 e. The van der Waals surface area contributed by atoms with E-state index in [0.29, 0.717) is 34.0 Å². The Labute approximate surface area is 192 Å². The van der Waals surface area contributed by atoms with Gasteiger partial charge in [0.25, 0.3) is 11.7 Å². The molecular formula is C26H25N3O4. The van der Waals surface area contributed by atoms with Gasteiger partial charge in [0, 0.05) is 28.9 Å². The first-order valence-electron chi connectivity index (χ1n) is 10.5. The molecule has 0 spiro atoms. The second-order valence-electron chi connectivity index (χ2n) is 7.80. The summed E-state index contributed by atoms with van der Waals surface area (Å²) in [5, 5.41) is 0.646. The molecule has 7 nitrogen and oxygen atoms in total.